The maximum atomic E-state index is 13.0. The summed E-state index contributed by atoms with van der Waals surface area (Å²) in [6.07, 6.45) is 6.11. The second kappa shape index (κ2) is 5.10. The number of hydrogen-bond donors (Lipinski definition) is 2. The molecule has 0 aliphatic heterocycles. The van der Waals surface area contributed by atoms with E-state index in [9.17, 15) is 4.39 Å². The van der Waals surface area contributed by atoms with E-state index in [-0.39, 0.29) is 23.9 Å². The summed E-state index contributed by atoms with van der Waals surface area (Å²) in [5, 5.41) is 12.4. The molecule has 2 N–H and O–H groups in total. The standard InChI is InChI=1S/C13H19FN2O/c1-10(11-6-12(14)8-15-7-11)16-9-13(2-3-13)4-5-17/h6-8,10,16-17H,2-5,9H2,1H3. The Hall–Kier alpha value is -1.00. The van der Waals surface area contributed by atoms with Gasteiger partial charge in [-0.25, -0.2) is 4.39 Å². The van der Waals surface area contributed by atoms with Crippen molar-refractivity contribution in [3.63, 3.8) is 0 Å². The zero-order valence-corrected chi connectivity index (χ0v) is 10.1. The van der Waals surface area contributed by atoms with Crippen molar-refractivity contribution in [2.75, 3.05) is 13.2 Å². The molecule has 1 fully saturated rings. The highest BCUT2D eigenvalue weighted by Gasteiger charge is 2.41. The summed E-state index contributed by atoms with van der Waals surface area (Å²) in [5.74, 6) is -0.298. The number of pyridine rings is 1. The minimum atomic E-state index is -0.298. The SMILES string of the molecule is CC(NCC1(CCO)CC1)c1cncc(F)c1. The number of rotatable bonds is 6. The molecular formula is C13H19FN2O. The van der Waals surface area contributed by atoms with Crippen LogP contribution in [-0.4, -0.2) is 23.2 Å². The number of aliphatic hydroxyl groups excluding tert-OH is 1. The first kappa shape index (κ1) is 12.5. The molecule has 1 aliphatic carbocycles. The first-order valence-corrected chi connectivity index (χ1v) is 6.10. The fraction of sp³-hybridized carbons (Fsp3) is 0.615. The van der Waals surface area contributed by atoms with Gasteiger partial charge in [0.15, 0.2) is 0 Å². The van der Waals surface area contributed by atoms with Crippen LogP contribution in [0.25, 0.3) is 0 Å². The van der Waals surface area contributed by atoms with Gasteiger partial charge in [-0.15, -0.1) is 0 Å². The van der Waals surface area contributed by atoms with Crippen LogP contribution in [0.2, 0.25) is 0 Å². The molecule has 17 heavy (non-hydrogen) atoms. The van der Waals surface area contributed by atoms with E-state index in [1.54, 1.807) is 6.20 Å². The van der Waals surface area contributed by atoms with E-state index in [1.165, 1.54) is 25.1 Å². The second-order valence-corrected chi connectivity index (χ2v) is 5.01. The first-order valence-electron chi connectivity index (χ1n) is 6.10. The van der Waals surface area contributed by atoms with E-state index < -0.39 is 0 Å². The Morgan fingerprint density at radius 2 is 2.29 bits per heavy atom. The molecule has 1 atom stereocenters. The van der Waals surface area contributed by atoms with Crippen LogP contribution >= 0.6 is 0 Å². The summed E-state index contributed by atoms with van der Waals surface area (Å²) in [6.45, 7) is 3.13. The van der Waals surface area contributed by atoms with Gasteiger partial charge in [0.05, 0.1) is 6.20 Å². The third-order valence-corrected chi connectivity index (χ3v) is 3.61. The highest BCUT2D eigenvalue weighted by molar-refractivity contribution is 5.14. The molecule has 2 rings (SSSR count). The van der Waals surface area contributed by atoms with Crippen molar-refractivity contribution in [3.05, 3.63) is 29.8 Å². The van der Waals surface area contributed by atoms with Gasteiger partial charge in [-0.2, -0.15) is 0 Å². The molecule has 94 valence electrons. The molecule has 1 aromatic heterocycles. The molecule has 3 nitrogen and oxygen atoms in total. The topological polar surface area (TPSA) is 45.1 Å². The lowest BCUT2D eigenvalue weighted by Gasteiger charge is -2.19. The van der Waals surface area contributed by atoms with Gasteiger partial charge >= 0.3 is 0 Å². The van der Waals surface area contributed by atoms with Gasteiger partial charge in [-0.3, -0.25) is 4.98 Å². The van der Waals surface area contributed by atoms with Crippen molar-refractivity contribution in [2.24, 2.45) is 5.41 Å². The average molecular weight is 238 g/mol. The van der Waals surface area contributed by atoms with Crippen LogP contribution in [-0.2, 0) is 0 Å². The minimum absolute atomic E-state index is 0.0920. The Kier molecular flexibility index (Phi) is 3.74. The molecule has 0 aromatic carbocycles. The van der Waals surface area contributed by atoms with Gasteiger partial charge in [-0.05, 0) is 43.2 Å². The number of halogens is 1. The number of nitrogens with one attached hydrogen (secondary N) is 1. The van der Waals surface area contributed by atoms with E-state index in [0.29, 0.717) is 0 Å². The Morgan fingerprint density at radius 1 is 1.53 bits per heavy atom. The molecule has 1 aromatic rings. The normalized spacial score (nSPS) is 19.0. The molecule has 0 radical (unpaired) electrons. The molecule has 0 spiro atoms. The fourth-order valence-electron chi connectivity index (χ4n) is 2.08. The van der Waals surface area contributed by atoms with Crippen molar-refractivity contribution in [2.45, 2.75) is 32.2 Å². The number of aromatic nitrogens is 1. The number of aliphatic hydroxyl groups is 1. The third-order valence-electron chi connectivity index (χ3n) is 3.61. The summed E-state index contributed by atoms with van der Waals surface area (Å²) in [5.41, 5.74) is 1.15. The highest BCUT2D eigenvalue weighted by Crippen LogP contribution is 2.48. The number of hydrogen-bond acceptors (Lipinski definition) is 3. The summed E-state index contributed by atoms with van der Waals surface area (Å²) in [4.78, 5) is 3.85. The van der Waals surface area contributed by atoms with E-state index >= 15 is 0 Å². The van der Waals surface area contributed by atoms with Gasteiger partial charge in [0.25, 0.3) is 0 Å². The molecule has 1 saturated carbocycles. The Balaban J connectivity index is 1.87. The van der Waals surface area contributed by atoms with Crippen LogP contribution in [0.15, 0.2) is 18.5 Å². The lowest BCUT2D eigenvalue weighted by Crippen LogP contribution is -2.27. The van der Waals surface area contributed by atoms with E-state index in [0.717, 1.165) is 18.5 Å². The second-order valence-electron chi connectivity index (χ2n) is 5.01. The molecule has 0 bridgehead atoms. The molecule has 0 amide bonds. The maximum absolute atomic E-state index is 13.0. The quantitative estimate of drug-likeness (QED) is 0.797. The van der Waals surface area contributed by atoms with Crippen LogP contribution in [0.4, 0.5) is 4.39 Å². The van der Waals surface area contributed by atoms with Gasteiger partial charge in [0.1, 0.15) is 5.82 Å². The van der Waals surface area contributed by atoms with E-state index in [2.05, 4.69) is 10.3 Å². The van der Waals surface area contributed by atoms with Crippen molar-refractivity contribution in [1.29, 1.82) is 0 Å². The summed E-state index contributed by atoms with van der Waals surface area (Å²) < 4.78 is 13.0. The predicted octanol–water partition coefficient (Wildman–Crippen LogP) is 2.03. The van der Waals surface area contributed by atoms with E-state index in [1.807, 2.05) is 6.92 Å². The van der Waals surface area contributed by atoms with Crippen LogP contribution < -0.4 is 5.32 Å². The van der Waals surface area contributed by atoms with Gasteiger partial charge < -0.3 is 10.4 Å². The number of nitrogens with zero attached hydrogens (tertiary/aromatic N) is 1. The molecular weight excluding hydrogens is 219 g/mol. The zero-order chi connectivity index (χ0) is 12.3. The Labute approximate surface area is 101 Å². The van der Waals surface area contributed by atoms with Gasteiger partial charge in [-0.1, -0.05) is 0 Å². The predicted molar refractivity (Wildman–Crippen MR) is 64.0 cm³/mol. The third kappa shape index (κ3) is 3.23. The van der Waals surface area contributed by atoms with Crippen molar-refractivity contribution in [3.8, 4) is 0 Å². The van der Waals surface area contributed by atoms with E-state index in [4.69, 9.17) is 5.11 Å². The van der Waals surface area contributed by atoms with Crippen LogP contribution in [0, 0.1) is 11.2 Å². The monoisotopic (exact) mass is 238 g/mol. The van der Waals surface area contributed by atoms with Crippen LogP contribution in [0.1, 0.15) is 37.8 Å². The van der Waals surface area contributed by atoms with Gasteiger partial charge in [0.2, 0.25) is 0 Å². The average Bonchev–Trinajstić information content (AvgIpc) is 3.07. The summed E-state index contributed by atoms with van der Waals surface area (Å²) in [6, 6.07) is 1.60. The lowest BCUT2D eigenvalue weighted by atomic mass is 10.0. The first-order chi connectivity index (χ1) is 8.15. The van der Waals surface area contributed by atoms with Crippen molar-refractivity contribution < 1.29 is 9.50 Å². The summed E-state index contributed by atoms with van der Waals surface area (Å²) in [7, 11) is 0. The molecule has 1 heterocycles. The van der Waals surface area contributed by atoms with Crippen molar-refractivity contribution in [1.82, 2.24) is 10.3 Å². The molecule has 1 unspecified atom stereocenters. The van der Waals surface area contributed by atoms with Gasteiger partial charge in [0, 0.05) is 25.4 Å². The molecule has 0 saturated heterocycles. The smallest absolute Gasteiger partial charge is 0.141 e. The summed E-state index contributed by atoms with van der Waals surface area (Å²) >= 11 is 0. The highest BCUT2D eigenvalue weighted by atomic mass is 19.1. The Morgan fingerprint density at radius 3 is 2.88 bits per heavy atom. The van der Waals surface area contributed by atoms with Crippen LogP contribution in [0.5, 0.6) is 0 Å². The largest absolute Gasteiger partial charge is 0.396 e. The minimum Gasteiger partial charge on any atom is -0.396 e. The van der Waals surface area contributed by atoms with Crippen molar-refractivity contribution >= 4 is 0 Å². The maximum Gasteiger partial charge on any atom is 0.141 e. The van der Waals surface area contributed by atoms with Crippen LogP contribution in [0.3, 0.4) is 0 Å². The molecule has 4 heteroatoms. The lowest BCUT2D eigenvalue weighted by molar-refractivity contribution is 0.243. The fourth-order valence-corrected chi connectivity index (χ4v) is 2.08. The Bertz CT molecular complexity index is 379. The zero-order valence-electron chi connectivity index (χ0n) is 10.1. The molecule has 1 aliphatic rings.